The lowest BCUT2D eigenvalue weighted by molar-refractivity contribution is -0.265. The highest BCUT2D eigenvalue weighted by Crippen LogP contribution is 2.42. The first kappa shape index (κ1) is 34.1. The number of hydrogen-bond acceptors (Lipinski definition) is 7. The van der Waals surface area contributed by atoms with E-state index in [2.05, 4.69) is 15.3 Å². The Kier molecular flexibility index (Phi) is 9.54. The molecule has 2 heterocycles. The van der Waals surface area contributed by atoms with Crippen molar-refractivity contribution in [3.63, 3.8) is 0 Å². The van der Waals surface area contributed by atoms with Crippen LogP contribution in [-0.4, -0.2) is 52.3 Å². The number of halogens is 6. The van der Waals surface area contributed by atoms with Gasteiger partial charge < -0.3 is 25.6 Å². The molecule has 4 aromatic rings. The van der Waals surface area contributed by atoms with E-state index < -0.39 is 48.1 Å². The number of ether oxygens (including phenoxy) is 2. The van der Waals surface area contributed by atoms with Crippen LogP contribution in [0, 0.1) is 12.7 Å². The molecule has 9 nitrogen and oxygen atoms in total. The van der Waals surface area contributed by atoms with Crippen molar-refractivity contribution in [2.24, 2.45) is 5.73 Å². The molecule has 2 amide bonds. The van der Waals surface area contributed by atoms with Gasteiger partial charge in [-0.05, 0) is 69.2 Å². The molecule has 5 rings (SSSR count). The van der Waals surface area contributed by atoms with E-state index in [0.29, 0.717) is 21.6 Å². The van der Waals surface area contributed by atoms with Crippen molar-refractivity contribution in [3.05, 3.63) is 80.8 Å². The average molecular weight is 695 g/mol. The zero-order chi connectivity index (χ0) is 34.3. The minimum absolute atomic E-state index is 0.00677. The van der Waals surface area contributed by atoms with E-state index in [1.54, 1.807) is 19.9 Å². The van der Waals surface area contributed by atoms with E-state index in [1.165, 1.54) is 18.2 Å². The van der Waals surface area contributed by atoms with Crippen molar-refractivity contribution >= 4 is 45.9 Å². The number of fused-ring (bicyclic) bond motifs is 1. The van der Waals surface area contributed by atoms with E-state index >= 15 is 0 Å². The van der Waals surface area contributed by atoms with Gasteiger partial charge in [0, 0.05) is 22.1 Å². The van der Waals surface area contributed by atoms with Gasteiger partial charge in [-0.1, -0.05) is 23.2 Å². The summed E-state index contributed by atoms with van der Waals surface area (Å²) in [6.07, 6.45) is -4.50. The molecule has 0 spiro atoms. The van der Waals surface area contributed by atoms with Crippen molar-refractivity contribution in [2.45, 2.75) is 51.0 Å². The second-order valence-electron chi connectivity index (χ2n) is 11.0. The van der Waals surface area contributed by atoms with Crippen molar-refractivity contribution in [1.82, 2.24) is 15.3 Å². The fourth-order valence-electron chi connectivity index (χ4n) is 4.82. The summed E-state index contributed by atoms with van der Waals surface area (Å²) in [5.41, 5.74) is 1.11. The van der Waals surface area contributed by atoms with Crippen molar-refractivity contribution in [3.8, 4) is 22.8 Å². The second kappa shape index (κ2) is 13.1. The molecule has 0 radical (unpaired) electrons. The second-order valence-corrected chi connectivity index (χ2v) is 11.8. The Morgan fingerprint density at radius 2 is 1.81 bits per heavy atom. The summed E-state index contributed by atoms with van der Waals surface area (Å²) in [4.78, 5) is 33.8. The number of aliphatic hydroxyl groups is 1. The van der Waals surface area contributed by atoms with E-state index in [1.807, 2.05) is 0 Å². The first-order valence-corrected chi connectivity index (χ1v) is 15.1. The van der Waals surface area contributed by atoms with Crippen LogP contribution in [0.4, 0.5) is 17.6 Å². The standard InChI is InChI=1S/C32H28Cl2F4N4O5/c1-3-46-29-18(13-26(39)43)12-25(42-28(29)16-4-7-23(35)22(34)9-16)31(45,32(36,37)38)14-40-30(44)19-8-17-10-21(33)15(2)41-27(17)24(11-19)47-20-5-6-20/h4,7-12,20,45H,3,5-6,13-14H2,1-2H3,(H2,39,43)(H,40,44)/t31-/m0/s1. The van der Waals surface area contributed by atoms with E-state index in [4.69, 9.17) is 38.4 Å². The van der Waals surface area contributed by atoms with Gasteiger partial charge in [-0.15, -0.1) is 0 Å². The Bertz CT molecular complexity index is 1890. The van der Waals surface area contributed by atoms with Crippen LogP contribution in [0.25, 0.3) is 22.2 Å². The van der Waals surface area contributed by atoms with Gasteiger partial charge in [0.05, 0.1) is 47.1 Å². The number of nitrogens with zero attached hydrogens (tertiary/aromatic N) is 2. The number of rotatable bonds is 11. The molecular weight excluding hydrogens is 667 g/mol. The summed E-state index contributed by atoms with van der Waals surface area (Å²) in [6, 6.07) is 8.43. The van der Waals surface area contributed by atoms with E-state index in [0.717, 1.165) is 31.0 Å². The quantitative estimate of drug-likeness (QED) is 0.159. The molecule has 0 aliphatic heterocycles. The predicted octanol–water partition coefficient (Wildman–Crippen LogP) is 6.20. The zero-order valence-corrected chi connectivity index (χ0v) is 26.5. The maximum atomic E-state index is 14.8. The molecule has 248 valence electrons. The van der Waals surface area contributed by atoms with Crippen molar-refractivity contribution in [1.29, 1.82) is 0 Å². The molecule has 1 atom stereocenters. The van der Waals surface area contributed by atoms with Gasteiger partial charge in [-0.3, -0.25) is 9.59 Å². The number of nitrogens with one attached hydrogen (secondary N) is 1. The number of primary amides is 1. The average Bonchev–Trinajstić information content (AvgIpc) is 3.82. The number of pyridine rings is 2. The summed E-state index contributed by atoms with van der Waals surface area (Å²) in [5, 5.41) is 13.8. The number of nitrogens with two attached hydrogens (primary N) is 1. The molecule has 0 bridgehead atoms. The molecule has 0 saturated heterocycles. The van der Waals surface area contributed by atoms with Gasteiger partial charge in [-0.25, -0.2) is 14.4 Å². The highest BCUT2D eigenvalue weighted by Gasteiger charge is 2.57. The Morgan fingerprint density at radius 3 is 2.43 bits per heavy atom. The molecule has 15 heteroatoms. The van der Waals surface area contributed by atoms with E-state index in [9.17, 15) is 32.3 Å². The summed E-state index contributed by atoms with van der Waals surface area (Å²) < 4.78 is 69.8. The molecule has 0 unspecified atom stereocenters. The zero-order valence-electron chi connectivity index (χ0n) is 25.0. The summed E-state index contributed by atoms with van der Waals surface area (Å²) >= 11 is 12.2. The molecule has 2 aromatic carbocycles. The predicted molar refractivity (Wildman–Crippen MR) is 166 cm³/mol. The molecule has 2 aromatic heterocycles. The minimum atomic E-state index is -5.40. The Labute approximate surface area is 276 Å². The molecule has 47 heavy (non-hydrogen) atoms. The molecule has 1 fully saturated rings. The van der Waals surface area contributed by atoms with Crippen LogP contribution in [0.15, 0.2) is 42.5 Å². The van der Waals surface area contributed by atoms with Gasteiger partial charge in [0.15, 0.2) is 0 Å². The van der Waals surface area contributed by atoms with Gasteiger partial charge in [0.2, 0.25) is 11.5 Å². The summed E-state index contributed by atoms with van der Waals surface area (Å²) in [5.74, 6) is -2.55. The monoisotopic (exact) mass is 694 g/mol. The summed E-state index contributed by atoms with van der Waals surface area (Å²) in [6.45, 7) is 1.90. The van der Waals surface area contributed by atoms with Gasteiger partial charge in [0.1, 0.15) is 28.5 Å². The molecule has 4 N–H and O–H groups in total. The minimum Gasteiger partial charge on any atom is -0.491 e. The smallest absolute Gasteiger partial charge is 0.424 e. The van der Waals surface area contributed by atoms with Gasteiger partial charge >= 0.3 is 6.18 Å². The Balaban J connectivity index is 1.57. The Hall–Kier alpha value is -4.20. The third kappa shape index (κ3) is 7.21. The number of hydrogen-bond donors (Lipinski definition) is 3. The third-order valence-corrected chi connectivity index (χ3v) is 8.06. The first-order valence-electron chi connectivity index (χ1n) is 14.4. The highest BCUT2D eigenvalue weighted by atomic mass is 35.5. The van der Waals surface area contributed by atoms with Crippen LogP contribution >= 0.6 is 23.2 Å². The molecule has 1 saturated carbocycles. The molecule has 1 aliphatic rings. The SMILES string of the molecule is CCOc1c(CC(N)=O)cc([C@@](O)(CNC(=O)c2cc(OC3CC3)c3nc(C)c(Cl)cc3c2)C(F)(F)F)nc1-c1ccc(F)c(Cl)c1. The van der Waals surface area contributed by atoms with Crippen LogP contribution in [0.2, 0.25) is 10.0 Å². The lowest BCUT2D eigenvalue weighted by Crippen LogP contribution is -2.51. The largest absolute Gasteiger partial charge is 0.491 e. The number of carbonyl (C=O) groups excluding carboxylic acids is 2. The van der Waals surface area contributed by atoms with Crippen molar-refractivity contribution < 1.29 is 41.7 Å². The lowest BCUT2D eigenvalue weighted by Gasteiger charge is -2.31. The van der Waals surface area contributed by atoms with Crippen LogP contribution in [0.5, 0.6) is 11.5 Å². The highest BCUT2D eigenvalue weighted by molar-refractivity contribution is 6.32. The fraction of sp³-hybridized carbons (Fsp3) is 0.312. The third-order valence-electron chi connectivity index (χ3n) is 7.39. The molecular formula is C32H28Cl2F4N4O5. The maximum Gasteiger partial charge on any atom is 0.424 e. The lowest BCUT2D eigenvalue weighted by atomic mass is 9.93. The van der Waals surface area contributed by atoms with E-state index in [-0.39, 0.29) is 51.6 Å². The van der Waals surface area contributed by atoms with Gasteiger partial charge in [0.25, 0.3) is 5.91 Å². The number of alkyl halides is 3. The van der Waals surface area contributed by atoms with Crippen LogP contribution in [0.3, 0.4) is 0 Å². The number of amides is 2. The van der Waals surface area contributed by atoms with Crippen LogP contribution in [-0.2, 0) is 16.8 Å². The Morgan fingerprint density at radius 1 is 1.09 bits per heavy atom. The number of benzene rings is 2. The normalized spacial score (nSPS) is 14.5. The number of aromatic nitrogens is 2. The number of carbonyl (C=O) groups is 2. The van der Waals surface area contributed by atoms with Gasteiger partial charge in [-0.2, -0.15) is 13.2 Å². The van der Waals surface area contributed by atoms with Crippen molar-refractivity contribution in [2.75, 3.05) is 13.2 Å². The van der Waals surface area contributed by atoms with Crippen LogP contribution < -0.4 is 20.5 Å². The maximum absolute atomic E-state index is 14.8. The fourth-order valence-corrected chi connectivity index (χ4v) is 5.16. The number of aryl methyl sites for hydroxylation is 1. The van der Waals surface area contributed by atoms with Crippen LogP contribution in [0.1, 0.15) is 47.1 Å². The molecule has 1 aliphatic carbocycles. The first-order chi connectivity index (χ1) is 22.1. The topological polar surface area (TPSA) is 137 Å². The summed E-state index contributed by atoms with van der Waals surface area (Å²) in [7, 11) is 0.